The molecule has 114 valence electrons. The third-order valence-electron chi connectivity index (χ3n) is 2.56. The Morgan fingerprint density at radius 2 is 1.95 bits per heavy atom. The number of sulfone groups is 1. The summed E-state index contributed by atoms with van der Waals surface area (Å²) in [5.41, 5.74) is 0. The van der Waals surface area contributed by atoms with Crippen molar-refractivity contribution in [2.45, 2.75) is 36.9 Å². The smallest absolute Gasteiger partial charge is 0.323 e. The van der Waals surface area contributed by atoms with E-state index in [1.807, 2.05) is 0 Å². The van der Waals surface area contributed by atoms with Gasteiger partial charge in [-0.1, -0.05) is 37.5 Å². The van der Waals surface area contributed by atoms with Gasteiger partial charge >= 0.3 is 6.03 Å². The fraction of sp³-hybridized carbons (Fsp3) is 0.727. The molecular formula is C11H20N4O3S2. The van der Waals surface area contributed by atoms with E-state index in [2.05, 4.69) is 22.4 Å². The van der Waals surface area contributed by atoms with E-state index in [0.717, 1.165) is 30.6 Å². The van der Waals surface area contributed by atoms with Crippen molar-refractivity contribution in [3.05, 3.63) is 0 Å². The van der Waals surface area contributed by atoms with Crippen LogP contribution in [0.15, 0.2) is 4.34 Å². The minimum Gasteiger partial charge on any atom is -0.331 e. The number of urea groups is 1. The minimum absolute atomic E-state index is 0.0388. The van der Waals surface area contributed by atoms with E-state index in [0.29, 0.717) is 6.42 Å². The summed E-state index contributed by atoms with van der Waals surface area (Å²) in [4.78, 5) is 12.8. The third kappa shape index (κ3) is 5.04. The van der Waals surface area contributed by atoms with Crippen LogP contribution in [0.3, 0.4) is 0 Å². The van der Waals surface area contributed by atoms with Crippen LogP contribution in [0.25, 0.3) is 0 Å². The lowest BCUT2D eigenvalue weighted by Gasteiger charge is -2.08. The predicted octanol–water partition coefficient (Wildman–Crippen LogP) is 1.99. The molecule has 20 heavy (non-hydrogen) atoms. The number of nitrogens with one attached hydrogen (secondary N) is 1. The molecule has 0 fully saturated rings. The zero-order valence-corrected chi connectivity index (χ0v) is 13.6. The number of carbonyl (C=O) groups is 1. The van der Waals surface area contributed by atoms with Crippen LogP contribution in [0, 0.1) is 0 Å². The molecule has 0 aliphatic carbocycles. The molecule has 0 radical (unpaired) electrons. The second kappa shape index (κ2) is 7.53. The molecule has 0 saturated carbocycles. The van der Waals surface area contributed by atoms with Crippen molar-refractivity contribution in [1.29, 1.82) is 0 Å². The van der Waals surface area contributed by atoms with Crippen LogP contribution >= 0.6 is 11.3 Å². The van der Waals surface area contributed by atoms with E-state index in [9.17, 15) is 13.2 Å². The Kier molecular flexibility index (Phi) is 6.34. The fourth-order valence-electron chi connectivity index (χ4n) is 1.40. The summed E-state index contributed by atoms with van der Waals surface area (Å²) in [6, 6.07) is -0.368. The van der Waals surface area contributed by atoms with E-state index in [4.69, 9.17) is 0 Å². The molecule has 0 aliphatic rings. The highest BCUT2D eigenvalue weighted by Gasteiger charge is 2.20. The summed E-state index contributed by atoms with van der Waals surface area (Å²) in [7, 11) is -0.226. The van der Waals surface area contributed by atoms with Gasteiger partial charge in [-0.05, 0) is 6.42 Å². The van der Waals surface area contributed by atoms with Crippen molar-refractivity contribution in [2.75, 3.05) is 25.2 Å². The Bertz CT molecular complexity index is 540. The zero-order valence-electron chi connectivity index (χ0n) is 11.9. The van der Waals surface area contributed by atoms with Gasteiger partial charge in [0.2, 0.25) is 19.3 Å². The van der Waals surface area contributed by atoms with Crippen molar-refractivity contribution in [1.82, 2.24) is 15.1 Å². The minimum atomic E-state index is -3.40. The summed E-state index contributed by atoms with van der Waals surface area (Å²) >= 11 is 0.881. The Labute approximate surface area is 123 Å². The predicted molar refractivity (Wildman–Crippen MR) is 78.8 cm³/mol. The quantitative estimate of drug-likeness (QED) is 0.612. The van der Waals surface area contributed by atoms with Crippen LogP contribution in [0.2, 0.25) is 0 Å². The van der Waals surface area contributed by atoms with Gasteiger partial charge in [0.05, 0.1) is 5.75 Å². The SMILES string of the molecule is CCCCCCS(=O)(=O)c1nnc(NC(=O)N(C)C)s1. The van der Waals surface area contributed by atoms with Crippen LogP contribution in [0.4, 0.5) is 9.93 Å². The number of hydrogen-bond donors (Lipinski definition) is 1. The molecule has 1 aromatic heterocycles. The lowest BCUT2D eigenvalue weighted by atomic mass is 10.2. The second-order valence-electron chi connectivity index (χ2n) is 4.58. The fourth-order valence-corrected chi connectivity index (χ4v) is 3.78. The molecule has 7 nitrogen and oxygen atoms in total. The number of nitrogens with zero attached hydrogens (tertiary/aromatic N) is 3. The van der Waals surface area contributed by atoms with Crippen molar-refractivity contribution in [3.63, 3.8) is 0 Å². The number of unbranched alkanes of at least 4 members (excludes halogenated alkanes) is 3. The molecule has 0 bridgehead atoms. The largest absolute Gasteiger partial charge is 0.331 e. The Balaban J connectivity index is 2.63. The molecule has 1 rings (SSSR count). The molecule has 2 amide bonds. The van der Waals surface area contributed by atoms with Gasteiger partial charge in [-0.3, -0.25) is 5.32 Å². The van der Waals surface area contributed by atoms with Crippen LogP contribution in [0.5, 0.6) is 0 Å². The van der Waals surface area contributed by atoms with E-state index < -0.39 is 9.84 Å². The summed E-state index contributed by atoms with van der Waals surface area (Å²) in [6.45, 7) is 2.07. The molecule has 9 heteroatoms. The van der Waals surface area contributed by atoms with Crippen molar-refractivity contribution in [2.24, 2.45) is 0 Å². The maximum Gasteiger partial charge on any atom is 0.323 e. The highest BCUT2D eigenvalue weighted by Crippen LogP contribution is 2.22. The van der Waals surface area contributed by atoms with Crippen LogP contribution in [-0.2, 0) is 9.84 Å². The van der Waals surface area contributed by atoms with Gasteiger partial charge < -0.3 is 4.90 Å². The van der Waals surface area contributed by atoms with Gasteiger partial charge in [-0.25, -0.2) is 13.2 Å². The second-order valence-corrected chi connectivity index (χ2v) is 7.84. The van der Waals surface area contributed by atoms with Crippen LogP contribution < -0.4 is 5.32 Å². The first-order valence-electron chi connectivity index (χ1n) is 6.41. The van der Waals surface area contributed by atoms with E-state index in [1.165, 1.54) is 4.90 Å². The molecule has 0 unspecified atom stereocenters. The molecule has 1 N–H and O–H groups in total. The van der Waals surface area contributed by atoms with Gasteiger partial charge in [-0.15, -0.1) is 10.2 Å². The van der Waals surface area contributed by atoms with E-state index in [1.54, 1.807) is 14.1 Å². The monoisotopic (exact) mass is 320 g/mol. The average molecular weight is 320 g/mol. The van der Waals surface area contributed by atoms with E-state index >= 15 is 0 Å². The molecule has 1 heterocycles. The van der Waals surface area contributed by atoms with Crippen molar-refractivity contribution >= 4 is 32.3 Å². The lowest BCUT2D eigenvalue weighted by molar-refractivity contribution is 0.230. The number of carbonyl (C=O) groups excluding carboxylic acids is 1. The highest BCUT2D eigenvalue weighted by atomic mass is 32.2. The Morgan fingerprint density at radius 1 is 1.25 bits per heavy atom. The Morgan fingerprint density at radius 3 is 2.55 bits per heavy atom. The zero-order chi connectivity index (χ0) is 15.2. The molecule has 1 aromatic rings. The molecule has 0 atom stereocenters. The van der Waals surface area contributed by atoms with Gasteiger partial charge in [-0.2, -0.15) is 0 Å². The van der Waals surface area contributed by atoms with E-state index in [-0.39, 0.29) is 21.3 Å². The maximum atomic E-state index is 12.0. The van der Waals surface area contributed by atoms with Crippen LogP contribution in [0.1, 0.15) is 32.6 Å². The topological polar surface area (TPSA) is 92.3 Å². The normalized spacial score (nSPS) is 11.3. The van der Waals surface area contributed by atoms with Gasteiger partial charge in [0.15, 0.2) is 0 Å². The number of hydrogen-bond acceptors (Lipinski definition) is 6. The number of anilines is 1. The Hall–Kier alpha value is -1.22. The number of aromatic nitrogens is 2. The van der Waals surface area contributed by atoms with Gasteiger partial charge in [0.1, 0.15) is 0 Å². The highest BCUT2D eigenvalue weighted by molar-refractivity contribution is 7.93. The average Bonchev–Trinajstić information content (AvgIpc) is 2.84. The number of rotatable bonds is 7. The lowest BCUT2D eigenvalue weighted by Crippen LogP contribution is -2.27. The molecule has 0 saturated heterocycles. The summed E-state index contributed by atoms with van der Waals surface area (Å²) in [6.07, 6.45) is 3.59. The van der Waals surface area contributed by atoms with Crippen molar-refractivity contribution in [3.8, 4) is 0 Å². The first-order chi connectivity index (χ1) is 9.36. The summed E-state index contributed by atoms with van der Waals surface area (Å²) < 4.78 is 24.0. The molecule has 0 aliphatic heterocycles. The first kappa shape index (κ1) is 16.8. The first-order valence-corrected chi connectivity index (χ1v) is 8.88. The van der Waals surface area contributed by atoms with Crippen molar-refractivity contribution < 1.29 is 13.2 Å². The maximum absolute atomic E-state index is 12.0. The summed E-state index contributed by atoms with van der Waals surface area (Å²) in [5.74, 6) is 0.0727. The standard InChI is InChI=1S/C11H20N4O3S2/c1-4-5-6-7-8-20(17,18)11-14-13-9(19-11)12-10(16)15(2)3/h4-8H2,1-3H3,(H,12,13,16). The molecular weight excluding hydrogens is 300 g/mol. The van der Waals surface area contributed by atoms with Gasteiger partial charge in [0.25, 0.3) is 0 Å². The summed E-state index contributed by atoms with van der Waals surface area (Å²) in [5, 5.41) is 9.99. The molecule has 0 spiro atoms. The van der Waals surface area contributed by atoms with Gasteiger partial charge in [0, 0.05) is 14.1 Å². The van der Waals surface area contributed by atoms with Crippen LogP contribution in [-0.4, -0.2) is 49.4 Å². The third-order valence-corrected chi connectivity index (χ3v) is 5.64. The number of amides is 2. The molecule has 0 aromatic carbocycles.